The van der Waals surface area contributed by atoms with Crippen LogP contribution in [0.15, 0.2) is 18.2 Å². The summed E-state index contributed by atoms with van der Waals surface area (Å²) in [5.74, 6) is 0.847. The molecule has 1 aromatic rings. The Morgan fingerprint density at radius 1 is 1.18 bits per heavy atom. The highest BCUT2D eigenvalue weighted by molar-refractivity contribution is 5.52. The minimum absolute atomic E-state index is 0.774. The summed E-state index contributed by atoms with van der Waals surface area (Å²) in [7, 11) is 0. The molecule has 1 fully saturated rings. The molecule has 2 atom stereocenters. The fraction of sp³-hybridized carbons (Fsp3) is 0.600. The van der Waals surface area contributed by atoms with Crippen molar-refractivity contribution in [2.45, 2.75) is 51.7 Å². The molecular formula is C15H22N2. The van der Waals surface area contributed by atoms with E-state index in [0.717, 1.165) is 30.7 Å². The second kappa shape index (κ2) is 4.34. The van der Waals surface area contributed by atoms with Crippen molar-refractivity contribution in [2.75, 3.05) is 5.73 Å². The Bertz CT molecular complexity index is 413. The lowest BCUT2D eigenvalue weighted by molar-refractivity contribution is 0.110. The number of fused-ring (bicyclic) bond motifs is 1. The van der Waals surface area contributed by atoms with Crippen LogP contribution < -0.4 is 5.73 Å². The summed E-state index contributed by atoms with van der Waals surface area (Å²) < 4.78 is 0. The van der Waals surface area contributed by atoms with Gasteiger partial charge in [-0.15, -0.1) is 0 Å². The monoisotopic (exact) mass is 230 g/mol. The number of anilines is 1. The van der Waals surface area contributed by atoms with Gasteiger partial charge in [0.1, 0.15) is 0 Å². The Labute approximate surface area is 104 Å². The van der Waals surface area contributed by atoms with Gasteiger partial charge in [-0.2, -0.15) is 0 Å². The van der Waals surface area contributed by atoms with Gasteiger partial charge in [-0.05, 0) is 36.0 Å². The van der Waals surface area contributed by atoms with E-state index in [1.165, 1.54) is 36.8 Å². The zero-order chi connectivity index (χ0) is 11.8. The molecule has 17 heavy (non-hydrogen) atoms. The summed E-state index contributed by atoms with van der Waals surface area (Å²) in [5, 5.41) is 0. The van der Waals surface area contributed by atoms with Gasteiger partial charge in [0.05, 0.1) is 0 Å². The zero-order valence-corrected chi connectivity index (χ0v) is 10.7. The lowest BCUT2D eigenvalue weighted by Crippen LogP contribution is -2.38. The second-order valence-electron chi connectivity index (χ2n) is 5.72. The number of hydrogen-bond donors (Lipinski definition) is 1. The maximum atomic E-state index is 6.07. The lowest BCUT2D eigenvalue weighted by Gasteiger charge is -2.36. The third-order valence-electron chi connectivity index (χ3n) is 4.58. The van der Waals surface area contributed by atoms with Crippen molar-refractivity contribution >= 4 is 5.69 Å². The maximum Gasteiger partial charge on any atom is 0.0363 e. The summed E-state index contributed by atoms with van der Waals surface area (Å²) in [6.45, 7) is 4.59. The standard InChI is InChI=1S/C15H22N2/c1-11-5-2-3-8-15(11)17-9-12-6-4-7-14(16)13(12)10-17/h4,6-7,11,15H,2-3,5,8-10,16H2,1H3. The van der Waals surface area contributed by atoms with Crippen molar-refractivity contribution in [1.82, 2.24) is 4.90 Å². The molecule has 0 aromatic heterocycles. The molecule has 2 aliphatic rings. The predicted molar refractivity (Wildman–Crippen MR) is 71.5 cm³/mol. The lowest BCUT2D eigenvalue weighted by atomic mass is 9.85. The van der Waals surface area contributed by atoms with E-state index in [1.54, 1.807) is 0 Å². The molecule has 0 spiro atoms. The molecule has 1 aliphatic heterocycles. The van der Waals surface area contributed by atoms with E-state index in [1.807, 2.05) is 6.07 Å². The van der Waals surface area contributed by atoms with Crippen LogP contribution in [0.2, 0.25) is 0 Å². The first-order chi connectivity index (χ1) is 8.25. The number of nitrogens with two attached hydrogens (primary N) is 1. The number of benzene rings is 1. The van der Waals surface area contributed by atoms with Gasteiger partial charge in [0, 0.05) is 24.8 Å². The van der Waals surface area contributed by atoms with Crippen LogP contribution >= 0.6 is 0 Å². The summed E-state index contributed by atoms with van der Waals surface area (Å²) in [5.41, 5.74) is 9.88. The first kappa shape index (κ1) is 11.1. The number of rotatable bonds is 1. The molecule has 1 aromatic carbocycles. The Kier molecular flexibility index (Phi) is 2.83. The largest absolute Gasteiger partial charge is 0.398 e. The van der Waals surface area contributed by atoms with Gasteiger partial charge in [-0.3, -0.25) is 4.90 Å². The number of hydrogen-bond acceptors (Lipinski definition) is 2. The molecule has 2 nitrogen and oxygen atoms in total. The molecular weight excluding hydrogens is 208 g/mol. The molecule has 0 amide bonds. The van der Waals surface area contributed by atoms with Gasteiger partial charge >= 0.3 is 0 Å². The average Bonchev–Trinajstić information content (AvgIpc) is 2.75. The highest BCUT2D eigenvalue weighted by Crippen LogP contribution is 2.35. The highest BCUT2D eigenvalue weighted by Gasteiger charge is 2.31. The summed E-state index contributed by atoms with van der Waals surface area (Å²) in [4.78, 5) is 2.64. The van der Waals surface area contributed by atoms with Crippen molar-refractivity contribution in [3.63, 3.8) is 0 Å². The van der Waals surface area contributed by atoms with Crippen molar-refractivity contribution in [3.05, 3.63) is 29.3 Å². The van der Waals surface area contributed by atoms with E-state index in [2.05, 4.69) is 24.0 Å². The van der Waals surface area contributed by atoms with Crippen molar-refractivity contribution in [2.24, 2.45) is 5.92 Å². The number of nitrogen functional groups attached to an aromatic ring is 1. The Morgan fingerprint density at radius 3 is 2.76 bits per heavy atom. The molecule has 2 unspecified atom stereocenters. The van der Waals surface area contributed by atoms with Crippen LogP contribution in [-0.4, -0.2) is 10.9 Å². The van der Waals surface area contributed by atoms with E-state index in [0.29, 0.717) is 0 Å². The molecule has 92 valence electrons. The fourth-order valence-corrected chi connectivity index (χ4v) is 3.55. The molecule has 0 radical (unpaired) electrons. The Morgan fingerprint density at radius 2 is 2.00 bits per heavy atom. The Hall–Kier alpha value is -1.02. The van der Waals surface area contributed by atoms with Crippen molar-refractivity contribution in [1.29, 1.82) is 0 Å². The quantitative estimate of drug-likeness (QED) is 0.751. The molecule has 1 saturated carbocycles. The van der Waals surface area contributed by atoms with Crippen LogP contribution in [0.5, 0.6) is 0 Å². The first-order valence-corrected chi connectivity index (χ1v) is 6.86. The van der Waals surface area contributed by atoms with Crippen LogP contribution in [0.4, 0.5) is 5.69 Å². The minimum Gasteiger partial charge on any atom is -0.398 e. The van der Waals surface area contributed by atoms with Gasteiger partial charge < -0.3 is 5.73 Å². The van der Waals surface area contributed by atoms with Gasteiger partial charge in [0.2, 0.25) is 0 Å². The molecule has 0 saturated heterocycles. The summed E-state index contributed by atoms with van der Waals surface area (Å²) in [6, 6.07) is 7.13. The summed E-state index contributed by atoms with van der Waals surface area (Å²) >= 11 is 0. The van der Waals surface area contributed by atoms with Gasteiger partial charge in [-0.25, -0.2) is 0 Å². The normalized spacial score (nSPS) is 29.2. The fourth-order valence-electron chi connectivity index (χ4n) is 3.55. The van der Waals surface area contributed by atoms with Gasteiger partial charge in [-0.1, -0.05) is 31.9 Å². The third kappa shape index (κ3) is 1.95. The third-order valence-corrected chi connectivity index (χ3v) is 4.58. The average molecular weight is 230 g/mol. The van der Waals surface area contributed by atoms with Crippen LogP contribution in [-0.2, 0) is 13.1 Å². The van der Waals surface area contributed by atoms with Crippen molar-refractivity contribution in [3.8, 4) is 0 Å². The topological polar surface area (TPSA) is 29.3 Å². The van der Waals surface area contributed by atoms with Gasteiger partial charge in [0.25, 0.3) is 0 Å². The molecule has 2 heteroatoms. The van der Waals surface area contributed by atoms with Crippen molar-refractivity contribution < 1.29 is 0 Å². The summed E-state index contributed by atoms with van der Waals surface area (Å²) in [6.07, 6.45) is 5.58. The van der Waals surface area contributed by atoms with Crippen LogP contribution in [0.3, 0.4) is 0 Å². The first-order valence-electron chi connectivity index (χ1n) is 6.86. The predicted octanol–water partition coefficient (Wildman–Crippen LogP) is 3.16. The van der Waals surface area contributed by atoms with E-state index in [9.17, 15) is 0 Å². The van der Waals surface area contributed by atoms with Gasteiger partial charge in [0.15, 0.2) is 0 Å². The zero-order valence-electron chi connectivity index (χ0n) is 10.7. The highest BCUT2D eigenvalue weighted by atomic mass is 15.2. The number of nitrogens with zero attached hydrogens (tertiary/aromatic N) is 1. The maximum absolute atomic E-state index is 6.07. The van der Waals surface area contributed by atoms with E-state index in [-0.39, 0.29) is 0 Å². The second-order valence-corrected chi connectivity index (χ2v) is 5.72. The van der Waals surface area contributed by atoms with E-state index < -0.39 is 0 Å². The van der Waals surface area contributed by atoms with Crippen LogP contribution in [0.1, 0.15) is 43.7 Å². The molecule has 3 rings (SSSR count). The molecule has 1 heterocycles. The van der Waals surface area contributed by atoms with E-state index in [4.69, 9.17) is 5.73 Å². The molecule has 0 bridgehead atoms. The van der Waals surface area contributed by atoms with E-state index >= 15 is 0 Å². The minimum atomic E-state index is 0.774. The molecule has 2 N–H and O–H groups in total. The SMILES string of the molecule is CC1CCCCC1N1Cc2cccc(N)c2C1. The molecule has 1 aliphatic carbocycles. The Balaban J connectivity index is 1.79. The van der Waals surface area contributed by atoms with Crippen LogP contribution in [0.25, 0.3) is 0 Å². The smallest absolute Gasteiger partial charge is 0.0363 e. The van der Waals surface area contributed by atoms with Crippen LogP contribution in [0, 0.1) is 5.92 Å².